The van der Waals surface area contributed by atoms with E-state index in [0.29, 0.717) is 40.6 Å². The Balaban J connectivity index is 1.99. The Labute approximate surface area is 197 Å². The Kier molecular flexibility index (Phi) is 6.30. The van der Waals surface area contributed by atoms with E-state index in [1.54, 1.807) is 35.7 Å². The summed E-state index contributed by atoms with van der Waals surface area (Å²) in [7, 11) is 6.80. The number of benzene rings is 1. The Bertz CT molecular complexity index is 1290. The molecule has 0 aliphatic carbocycles. The number of likely N-dealkylation sites (N-methyl/N-ethyl adjacent to an activating group) is 1. The molecule has 1 N–H and O–H groups in total. The molecule has 34 heavy (non-hydrogen) atoms. The summed E-state index contributed by atoms with van der Waals surface area (Å²) in [6, 6.07) is 9.87. The molecule has 0 saturated carbocycles. The number of nitrogens with zero attached hydrogens (tertiary/aromatic N) is 4. The Morgan fingerprint density at radius 3 is 2.56 bits per heavy atom. The second-order valence-electron chi connectivity index (χ2n) is 8.35. The van der Waals surface area contributed by atoms with Gasteiger partial charge in [-0.05, 0) is 39.2 Å². The third-order valence-electron chi connectivity index (χ3n) is 5.98. The minimum Gasteiger partial charge on any atom is -0.505 e. The SMILES string of the molecule is COc1cccc([C@H]2C(=C(O)c3c(C)nc4ccccn34)C(=O)C(=O)N2CCN(C)C)c1OC. The summed E-state index contributed by atoms with van der Waals surface area (Å²) in [5.41, 5.74) is 2.07. The maximum atomic E-state index is 13.4. The molecule has 9 heteroatoms. The van der Waals surface area contributed by atoms with Crippen LogP contribution >= 0.6 is 0 Å². The van der Waals surface area contributed by atoms with E-state index in [0.717, 1.165) is 0 Å². The number of aryl methyl sites for hydroxylation is 1. The van der Waals surface area contributed by atoms with Gasteiger partial charge in [0.25, 0.3) is 11.7 Å². The number of ketones is 1. The number of hydrogen-bond acceptors (Lipinski definition) is 7. The van der Waals surface area contributed by atoms with Gasteiger partial charge in [0.1, 0.15) is 11.3 Å². The highest BCUT2D eigenvalue weighted by Gasteiger charge is 2.47. The molecule has 1 amide bonds. The number of hydrogen-bond donors (Lipinski definition) is 1. The summed E-state index contributed by atoms with van der Waals surface area (Å²) in [5, 5.41) is 11.5. The first-order valence-corrected chi connectivity index (χ1v) is 10.9. The van der Waals surface area contributed by atoms with Crippen molar-refractivity contribution in [2.75, 3.05) is 41.4 Å². The van der Waals surface area contributed by atoms with Crippen LogP contribution in [0, 0.1) is 6.92 Å². The number of aromatic nitrogens is 2. The first-order chi connectivity index (χ1) is 16.3. The van der Waals surface area contributed by atoms with Crippen molar-refractivity contribution >= 4 is 23.1 Å². The van der Waals surface area contributed by atoms with Crippen LogP contribution in [0.15, 0.2) is 48.2 Å². The Morgan fingerprint density at radius 1 is 1.12 bits per heavy atom. The van der Waals surface area contributed by atoms with E-state index >= 15 is 0 Å². The van der Waals surface area contributed by atoms with E-state index < -0.39 is 17.7 Å². The van der Waals surface area contributed by atoms with Crippen molar-refractivity contribution in [1.82, 2.24) is 19.2 Å². The molecule has 1 aliphatic heterocycles. The van der Waals surface area contributed by atoms with E-state index in [4.69, 9.17) is 9.47 Å². The summed E-state index contributed by atoms with van der Waals surface area (Å²) in [6.07, 6.45) is 1.76. The van der Waals surface area contributed by atoms with Gasteiger partial charge in [0.2, 0.25) is 0 Å². The van der Waals surface area contributed by atoms with Crippen LogP contribution in [-0.2, 0) is 9.59 Å². The van der Waals surface area contributed by atoms with Gasteiger partial charge in [-0.3, -0.25) is 14.0 Å². The van der Waals surface area contributed by atoms with Crippen LogP contribution in [0.1, 0.15) is 23.0 Å². The molecule has 0 unspecified atom stereocenters. The molecule has 1 atom stereocenters. The molecule has 178 valence electrons. The number of aliphatic hydroxyl groups is 1. The molecule has 4 rings (SSSR count). The highest BCUT2D eigenvalue weighted by Crippen LogP contribution is 2.45. The van der Waals surface area contributed by atoms with Crippen LogP contribution in [0.5, 0.6) is 11.5 Å². The van der Waals surface area contributed by atoms with Crippen molar-refractivity contribution in [1.29, 1.82) is 0 Å². The molecule has 1 fully saturated rings. The summed E-state index contributed by atoms with van der Waals surface area (Å²) in [4.78, 5) is 34.5. The van der Waals surface area contributed by atoms with Gasteiger partial charge >= 0.3 is 0 Å². The first kappa shape index (κ1) is 23.3. The van der Waals surface area contributed by atoms with Crippen LogP contribution < -0.4 is 9.47 Å². The van der Waals surface area contributed by atoms with Gasteiger partial charge in [-0.25, -0.2) is 4.98 Å². The highest BCUT2D eigenvalue weighted by atomic mass is 16.5. The fourth-order valence-corrected chi connectivity index (χ4v) is 4.40. The maximum Gasteiger partial charge on any atom is 0.295 e. The summed E-state index contributed by atoms with van der Waals surface area (Å²) in [6.45, 7) is 2.57. The van der Waals surface area contributed by atoms with Crippen molar-refractivity contribution < 1.29 is 24.2 Å². The number of likely N-dealkylation sites (tertiary alicyclic amines) is 1. The molecule has 1 aliphatic rings. The number of carbonyl (C=O) groups excluding carboxylic acids is 2. The molecular formula is C25H28N4O5. The van der Waals surface area contributed by atoms with E-state index in [-0.39, 0.29) is 17.9 Å². The summed E-state index contributed by atoms with van der Waals surface area (Å²) >= 11 is 0. The van der Waals surface area contributed by atoms with Crippen LogP contribution in [0.2, 0.25) is 0 Å². The van der Waals surface area contributed by atoms with Crippen LogP contribution in [0.4, 0.5) is 0 Å². The van der Waals surface area contributed by atoms with Gasteiger partial charge in [0, 0.05) is 24.8 Å². The molecular weight excluding hydrogens is 436 g/mol. The number of pyridine rings is 1. The zero-order valence-corrected chi connectivity index (χ0v) is 19.9. The number of carbonyl (C=O) groups is 2. The lowest BCUT2D eigenvalue weighted by atomic mass is 9.95. The minimum absolute atomic E-state index is 0.0101. The number of ether oxygens (including phenoxy) is 2. The third kappa shape index (κ3) is 3.77. The van der Waals surface area contributed by atoms with Gasteiger partial charge in [0.05, 0.1) is 31.5 Å². The zero-order chi connectivity index (χ0) is 24.6. The molecule has 0 radical (unpaired) electrons. The molecule has 2 aromatic heterocycles. The first-order valence-electron chi connectivity index (χ1n) is 10.9. The molecule has 9 nitrogen and oxygen atoms in total. The zero-order valence-electron chi connectivity index (χ0n) is 19.9. The van der Waals surface area contributed by atoms with E-state index in [1.165, 1.54) is 19.1 Å². The topological polar surface area (TPSA) is 96.6 Å². The standard InChI is InChI=1S/C25H28N4O5/c1-15-20(28-12-7-6-11-18(28)26-15)22(30)19-21(16-9-8-10-17(33-4)24(16)34-5)29(14-13-27(2)3)25(32)23(19)31/h6-12,21,30H,13-14H2,1-5H3/t21-/m0/s1. The lowest BCUT2D eigenvalue weighted by Gasteiger charge is -2.28. The number of Topliss-reactive ketones (excluding diaryl/α,β-unsaturated/α-hetero) is 1. The number of fused-ring (bicyclic) bond motifs is 1. The third-order valence-corrected chi connectivity index (χ3v) is 5.98. The van der Waals surface area contributed by atoms with Crippen LogP contribution in [0.3, 0.4) is 0 Å². The lowest BCUT2D eigenvalue weighted by Crippen LogP contribution is -2.35. The van der Waals surface area contributed by atoms with Crippen molar-refractivity contribution in [2.24, 2.45) is 0 Å². The predicted octanol–water partition coefficient (Wildman–Crippen LogP) is 2.64. The van der Waals surface area contributed by atoms with Crippen molar-refractivity contribution in [3.63, 3.8) is 0 Å². The second kappa shape index (κ2) is 9.18. The fraction of sp³-hybridized carbons (Fsp3) is 0.320. The number of amides is 1. The Morgan fingerprint density at radius 2 is 1.88 bits per heavy atom. The quantitative estimate of drug-likeness (QED) is 0.326. The number of para-hydroxylation sites is 1. The lowest BCUT2D eigenvalue weighted by molar-refractivity contribution is -0.140. The Hall–Kier alpha value is -3.85. The average Bonchev–Trinajstić information content (AvgIpc) is 3.29. The summed E-state index contributed by atoms with van der Waals surface area (Å²) < 4.78 is 12.8. The number of rotatable bonds is 7. The van der Waals surface area contributed by atoms with Gasteiger partial charge < -0.3 is 24.4 Å². The van der Waals surface area contributed by atoms with Gasteiger partial charge in [0.15, 0.2) is 17.3 Å². The largest absolute Gasteiger partial charge is 0.505 e. The number of imidazole rings is 1. The minimum atomic E-state index is -0.862. The molecule has 0 spiro atoms. The van der Waals surface area contributed by atoms with Crippen molar-refractivity contribution in [3.05, 3.63) is 65.1 Å². The second-order valence-corrected chi connectivity index (χ2v) is 8.35. The van der Waals surface area contributed by atoms with Crippen molar-refractivity contribution in [2.45, 2.75) is 13.0 Å². The smallest absolute Gasteiger partial charge is 0.295 e. The van der Waals surface area contributed by atoms with Gasteiger partial charge in [-0.15, -0.1) is 0 Å². The normalized spacial score (nSPS) is 17.7. The molecule has 3 heterocycles. The molecule has 3 aromatic rings. The molecule has 1 saturated heterocycles. The molecule has 0 bridgehead atoms. The summed E-state index contributed by atoms with van der Waals surface area (Å²) in [5.74, 6) is -0.852. The predicted molar refractivity (Wildman–Crippen MR) is 127 cm³/mol. The van der Waals surface area contributed by atoms with Gasteiger partial charge in [-0.2, -0.15) is 0 Å². The number of aliphatic hydroxyl groups excluding tert-OH is 1. The van der Waals surface area contributed by atoms with E-state index in [9.17, 15) is 14.7 Å². The van der Waals surface area contributed by atoms with Gasteiger partial charge in [-0.1, -0.05) is 18.2 Å². The monoisotopic (exact) mass is 464 g/mol. The molecule has 1 aromatic carbocycles. The van der Waals surface area contributed by atoms with Crippen LogP contribution in [0.25, 0.3) is 11.4 Å². The average molecular weight is 465 g/mol. The fourth-order valence-electron chi connectivity index (χ4n) is 4.40. The van der Waals surface area contributed by atoms with Crippen LogP contribution in [-0.4, -0.2) is 77.4 Å². The van der Waals surface area contributed by atoms with E-state index in [2.05, 4.69) is 4.98 Å². The highest BCUT2D eigenvalue weighted by molar-refractivity contribution is 6.46. The maximum absolute atomic E-state index is 13.4. The number of methoxy groups -OCH3 is 2. The van der Waals surface area contributed by atoms with Crippen molar-refractivity contribution in [3.8, 4) is 11.5 Å². The van der Waals surface area contributed by atoms with E-state index in [1.807, 2.05) is 37.2 Å².